The van der Waals surface area contributed by atoms with Gasteiger partial charge in [-0.15, -0.1) is 0 Å². The Morgan fingerprint density at radius 2 is 1.82 bits per heavy atom. The van der Waals surface area contributed by atoms with E-state index in [-0.39, 0.29) is 6.10 Å². The van der Waals surface area contributed by atoms with E-state index in [4.69, 9.17) is 13.9 Å². The van der Waals surface area contributed by atoms with Gasteiger partial charge in [-0.1, -0.05) is 13.3 Å². The van der Waals surface area contributed by atoms with Crippen molar-refractivity contribution >= 4 is 11.1 Å². The number of unbranched alkanes of at least 4 members (excludes halogenated alkanes) is 1. The fourth-order valence-corrected chi connectivity index (χ4v) is 3.66. The number of likely N-dealkylation sites (tertiary alicyclic amines) is 1. The van der Waals surface area contributed by atoms with Gasteiger partial charge >= 0.3 is 0 Å². The van der Waals surface area contributed by atoms with Crippen molar-refractivity contribution in [3.05, 3.63) is 42.5 Å². The van der Waals surface area contributed by atoms with Crippen molar-refractivity contribution in [2.45, 2.75) is 38.7 Å². The first-order valence-corrected chi connectivity index (χ1v) is 10.2. The SMILES string of the molecule is CCCCN1CCC(Oc2ccc3nc(-c4ccc(OC)cc4)oc3c2)CC1. The molecule has 1 aliphatic rings. The van der Waals surface area contributed by atoms with Crippen LogP contribution < -0.4 is 9.47 Å². The molecule has 1 saturated heterocycles. The number of ether oxygens (including phenoxy) is 2. The second-order valence-electron chi connectivity index (χ2n) is 7.39. The third-order valence-electron chi connectivity index (χ3n) is 5.36. The summed E-state index contributed by atoms with van der Waals surface area (Å²) in [6.45, 7) is 5.70. The summed E-state index contributed by atoms with van der Waals surface area (Å²) < 4.78 is 17.4. The van der Waals surface area contributed by atoms with Crippen molar-refractivity contribution in [3.8, 4) is 23.0 Å². The topological polar surface area (TPSA) is 47.7 Å². The maximum absolute atomic E-state index is 6.23. The molecule has 1 fully saturated rings. The van der Waals surface area contributed by atoms with Crippen molar-refractivity contribution in [3.63, 3.8) is 0 Å². The van der Waals surface area contributed by atoms with Gasteiger partial charge < -0.3 is 18.8 Å². The predicted molar refractivity (Wildman–Crippen MR) is 111 cm³/mol. The number of rotatable bonds is 7. The van der Waals surface area contributed by atoms with E-state index in [1.54, 1.807) is 7.11 Å². The van der Waals surface area contributed by atoms with Crippen LogP contribution in [0.15, 0.2) is 46.9 Å². The van der Waals surface area contributed by atoms with Crippen molar-refractivity contribution in [1.29, 1.82) is 0 Å². The Hall–Kier alpha value is -2.53. The normalized spacial score (nSPS) is 15.8. The average Bonchev–Trinajstić information content (AvgIpc) is 3.17. The fraction of sp³-hybridized carbons (Fsp3) is 0.435. The largest absolute Gasteiger partial charge is 0.497 e. The number of fused-ring (bicyclic) bond motifs is 1. The fourth-order valence-electron chi connectivity index (χ4n) is 3.66. The van der Waals surface area contributed by atoms with Gasteiger partial charge in [0.1, 0.15) is 23.1 Å². The van der Waals surface area contributed by atoms with E-state index in [1.165, 1.54) is 19.4 Å². The second-order valence-corrected chi connectivity index (χ2v) is 7.39. The number of aromatic nitrogens is 1. The lowest BCUT2D eigenvalue weighted by Crippen LogP contribution is -2.38. The van der Waals surface area contributed by atoms with Crippen molar-refractivity contribution in [1.82, 2.24) is 9.88 Å². The molecular formula is C23H28N2O3. The molecule has 0 bridgehead atoms. The van der Waals surface area contributed by atoms with Gasteiger partial charge in [0, 0.05) is 24.7 Å². The van der Waals surface area contributed by atoms with Crippen LogP contribution in [0.3, 0.4) is 0 Å². The van der Waals surface area contributed by atoms with Crippen LogP contribution in [0, 0.1) is 0 Å². The summed E-state index contributed by atoms with van der Waals surface area (Å²) in [5, 5.41) is 0. The van der Waals surface area contributed by atoms with Gasteiger partial charge in [-0.3, -0.25) is 0 Å². The maximum atomic E-state index is 6.23. The van der Waals surface area contributed by atoms with Crippen LogP contribution in [-0.4, -0.2) is 42.7 Å². The highest BCUT2D eigenvalue weighted by Gasteiger charge is 2.20. The van der Waals surface area contributed by atoms with Crippen molar-refractivity contribution in [2.24, 2.45) is 0 Å². The zero-order valence-corrected chi connectivity index (χ0v) is 16.7. The number of benzene rings is 2. The van der Waals surface area contributed by atoms with Gasteiger partial charge in [0.25, 0.3) is 0 Å². The summed E-state index contributed by atoms with van der Waals surface area (Å²) in [5.74, 6) is 2.28. The van der Waals surface area contributed by atoms with Gasteiger partial charge in [-0.25, -0.2) is 4.98 Å². The van der Waals surface area contributed by atoms with Gasteiger partial charge in [0.15, 0.2) is 5.58 Å². The quantitative estimate of drug-likeness (QED) is 0.567. The number of oxazole rings is 1. The van der Waals surface area contributed by atoms with Gasteiger partial charge in [0.05, 0.1) is 7.11 Å². The van der Waals surface area contributed by atoms with E-state index in [0.29, 0.717) is 5.89 Å². The molecule has 4 rings (SSSR count). The second kappa shape index (κ2) is 8.65. The summed E-state index contributed by atoms with van der Waals surface area (Å²) in [7, 11) is 1.66. The smallest absolute Gasteiger partial charge is 0.227 e. The minimum atomic E-state index is 0.277. The van der Waals surface area contributed by atoms with Crippen LogP contribution in [0.25, 0.3) is 22.6 Å². The molecule has 0 spiro atoms. The van der Waals surface area contributed by atoms with Crippen molar-refractivity contribution < 1.29 is 13.9 Å². The lowest BCUT2D eigenvalue weighted by atomic mass is 10.1. The average molecular weight is 380 g/mol. The number of methoxy groups -OCH3 is 1. The Balaban J connectivity index is 1.42. The lowest BCUT2D eigenvalue weighted by molar-refractivity contribution is 0.0999. The van der Waals surface area contributed by atoms with E-state index in [0.717, 1.165) is 54.1 Å². The molecule has 2 heterocycles. The van der Waals surface area contributed by atoms with Crippen LogP contribution in [0.5, 0.6) is 11.5 Å². The first-order valence-electron chi connectivity index (χ1n) is 10.2. The number of hydrogen-bond donors (Lipinski definition) is 0. The Kier molecular flexibility index (Phi) is 5.81. The molecule has 0 unspecified atom stereocenters. The molecule has 148 valence electrons. The Bertz CT molecular complexity index is 896. The summed E-state index contributed by atoms with van der Waals surface area (Å²) >= 11 is 0. The number of hydrogen-bond acceptors (Lipinski definition) is 5. The van der Waals surface area contributed by atoms with E-state index in [9.17, 15) is 0 Å². The molecule has 0 radical (unpaired) electrons. The van der Waals surface area contributed by atoms with Crippen molar-refractivity contribution in [2.75, 3.05) is 26.7 Å². The Morgan fingerprint density at radius 3 is 2.54 bits per heavy atom. The Morgan fingerprint density at radius 1 is 1.07 bits per heavy atom. The Labute approximate surface area is 166 Å². The lowest BCUT2D eigenvalue weighted by Gasteiger charge is -2.32. The van der Waals surface area contributed by atoms with Crippen LogP contribution >= 0.6 is 0 Å². The third kappa shape index (κ3) is 4.30. The molecule has 1 aliphatic heterocycles. The molecule has 0 N–H and O–H groups in total. The van der Waals surface area contributed by atoms with Crippen LogP contribution in [-0.2, 0) is 0 Å². The molecule has 2 aromatic carbocycles. The minimum Gasteiger partial charge on any atom is -0.497 e. The van der Waals surface area contributed by atoms with E-state index >= 15 is 0 Å². The third-order valence-corrected chi connectivity index (χ3v) is 5.36. The molecule has 0 amide bonds. The molecule has 3 aromatic rings. The molecule has 1 aromatic heterocycles. The van der Waals surface area contributed by atoms with Crippen LogP contribution in [0.1, 0.15) is 32.6 Å². The van der Waals surface area contributed by atoms with E-state index in [1.807, 2.05) is 42.5 Å². The molecule has 5 heteroatoms. The van der Waals surface area contributed by atoms with Gasteiger partial charge in [-0.2, -0.15) is 0 Å². The van der Waals surface area contributed by atoms with E-state index in [2.05, 4.69) is 16.8 Å². The zero-order chi connectivity index (χ0) is 19.3. The summed E-state index contributed by atoms with van der Waals surface area (Å²) in [6.07, 6.45) is 4.97. The highest BCUT2D eigenvalue weighted by Crippen LogP contribution is 2.29. The standard InChI is InChI=1S/C23H28N2O3/c1-3-4-13-25-14-11-19(12-15-25)27-20-9-10-21-22(16-20)28-23(24-21)17-5-7-18(26-2)8-6-17/h5-10,16,19H,3-4,11-15H2,1-2H3. The monoisotopic (exact) mass is 380 g/mol. The first kappa shape index (κ1) is 18.8. The van der Waals surface area contributed by atoms with E-state index < -0.39 is 0 Å². The molecule has 5 nitrogen and oxygen atoms in total. The molecule has 0 aliphatic carbocycles. The zero-order valence-electron chi connectivity index (χ0n) is 16.7. The van der Waals surface area contributed by atoms with Crippen LogP contribution in [0.4, 0.5) is 0 Å². The summed E-state index contributed by atoms with van der Waals surface area (Å²) in [6, 6.07) is 13.6. The van der Waals surface area contributed by atoms with Crippen LogP contribution in [0.2, 0.25) is 0 Å². The van der Waals surface area contributed by atoms with Gasteiger partial charge in [-0.05, 0) is 62.2 Å². The molecule has 0 saturated carbocycles. The summed E-state index contributed by atoms with van der Waals surface area (Å²) in [4.78, 5) is 7.14. The minimum absolute atomic E-state index is 0.277. The number of piperidine rings is 1. The predicted octanol–water partition coefficient (Wildman–Crippen LogP) is 5.15. The highest BCUT2D eigenvalue weighted by atomic mass is 16.5. The summed E-state index contributed by atoms with van der Waals surface area (Å²) in [5.41, 5.74) is 2.52. The highest BCUT2D eigenvalue weighted by molar-refractivity contribution is 5.77. The molecular weight excluding hydrogens is 352 g/mol. The van der Waals surface area contributed by atoms with Gasteiger partial charge in [0.2, 0.25) is 5.89 Å². The maximum Gasteiger partial charge on any atom is 0.227 e. The molecule has 28 heavy (non-hydrogen) atoms. The molecule has 0 atom stereocenters. The first-order chi connectivity index (χ1) is 13.7. The number of nitrogens with zero attached hydrogens (tertiary/aromatic N) is 2.